The Hall–Kier alpha value is -4.70. The van der Waals surface area contributed by atoms with Crippen LogP contribution in [0.4, 0.5) is 23.5 Å². The first kappa shape index (κ1) is 29.3. The molecule has 0 unspecified atom stereocenters. The molecule has 212 valence electrons. The average Bonchev–Trinajstić information content (AvgIpc) is 2.98. The van der Waals surface area contributed by atoms with Gasteiger partial charge in [0.2, 0.25) is 17.8 Å². The van der Waals surface area contributed by atoms with Crippen molar-refractivity contribution in [2.24, 2.45) is 11.0 Å². The first-order valence-electron chi connectivity index (χ1n) is 13.1. The molecular formula is C30H32ClN7O3. The molecule has 0 amide bonds. The summed E-state index contributed by atoms with van der Waals surface area (Å²) in [5.74, 6) is 1.49. The molecule has 10 nitrogen and oxygen atoms in total. The fourth-order valence-electron chi connectivity index (χ4n) is 4.66. The van der Waals surface area contributed by atoms with Crippen LogP contribution in [-0.2, 0) is 6.42 Å². The minimum absolute atomic E-state index is 0. The number of aromatic nitrogens is 3. The van der Waals surface area contributed by atoms with Crippen molar-refractivity contribution in [1.29, 1.82) is 0 Å². The molecule has 0 aliphatic carbocycles. The van der Waals surface area contributed by atoms with Crippen molar-refractivity contribution in [2.75, 3.05) is 35.8 Å². The summed E-state index contributed by atoms with van der Waals surface area (Å²) in [6.45, 7) is 1.66. The van der Waals surface area contributed by atoms with E-state index in [1.54, 1.807) is 25.3 Å². The highest BCUT2D eigenvalue weighted by Gasteiger charge is 2.22. The second-order valence-corrected chi connectivity index (χ2v) is 9.52. The Kier molecular flexibility index (Phi) is 10.1. The Balaban J connectivity index is 0.00000387. The SMILES string of the molecule is COc1ccc(Nc2nc(N/N=C/c3ccccc3C(=O)O)nc(N3CCC(Cc4ccccc4)CC3)n2)cc1.Cl. The van der Waals surface area contributed by atoms with E-state index in [4.69, 9.17) is 9.72 Å². The number of benzene rings is 3. The molecule has 11 heteroatoms. The lowest BCUT2D eigenvalue weighted by Crippen LogP contribution is -2.35. The van der Waals surface area contributed by atoms with E-state index in [-0.39, 0.29) is 23.9 Å². The van der Waals surface area contributed by atoms with Crippen LogP contribution in [-0.4, -0.2) is 52.4 Å². The van der Waals surface area contributed by atoms with Crippen LogP contribution in [0.5, 0.6) is 5.75 Å². The van der Waals surface area contributed by atoms with Crippen molar-refractivity contribution in [2.45, 2.75) is 19.3 Å². The number of hydrazone groups is 1. The standard InChI is InChI=1S/C30H31N7O3.ClH/c1-40-25-13-11-24(12-14-25)32-28-33-29(36-31-20-23-9-5-6-10-26(23)27(38)39)35-30(34-28)37-17-15-22(16-18-37)19-21-7-3-2-4-8-21;/h2-14,20,22H,15-19H2,1H3,(H,38,39)(H2,32,33,34,35,36);1H/b31-20+;. The van der Waals surface area contributed by atoms with Crippen LogP contribution in [0, 0.1) is 5.92 Å². The zero-order valence-electron chi connectivity index (χ0n) is 22.6. The number of carbonyl (C=O) groups is 1. The molecule has 2 heterocycles. The Morgan fingerprint density at radius 2 is 1.66 bits per heavy atom. The van der Waals surface area contributed by atoms with Gasteiger partial charge in [0, 0.05) is 24.3 Å². The summed E-state index contributed by atoms with van der Waals surface area (Å²) >= 11 is 0. The van der Waals surface area contributed by atoms with E-state index in [2.05, 4.69) is 55.0 Å². The van der Waals surface area contributed by atoms with Crippen LogP contribution >= 0.6 is 12.4 Å². The maximum Gasteiger partial charge on any atom is 0.336 e. The molecule has 3 aromatic carbocycles. The number of hydrogen-bond acceptors (Lipinski definition) is 9. The third kappa shape index (κ3) is 7.92. The van der Waals surface area contributed by atoms with Gasteiger partial charge in [0.1, 0.15) is 5.75 Å². The molecule has 3 N–H and O–H groups in total. The Morgan fingerprint density at radius 1 is 0.976 bits per heavy atom. The van der Waals surface area contributed by atoms with Crippen molar-refractivity contribution < 1.29 is 14.6 Å². The molecule has 1 aliphatic rings. The van der Waals surface area contributed by atoms with Gasteiger partial charge in [-0.2, -0.15) is 20.1 Å². The normalized spacial score (nSPS) is 13.4. The molecule has 0 radical (unpaired) electrons. The number of nitrogens with zero attached hydrogens (tertiary/aromatic N) is 5. The molecular weight excluding hydrogens is 542 g/mol. The van der Waals surface area contributed by atoms with Crippen LogP contribution in [0.2, 0.25) is 0 Å². The highest BCUT2D eigenvalue weighted by molar-refractivity contribution is 5.98. The first-order valence-corrected chi connectivity index (χ1v) is 13.1. The lowest BCUT2D eigenvalue weighted by atomic mass is 9.90. The number of nitrogens with one attached hydrogen (secondary N) is 2. The smallest absolute Gasteiger partial charge is 0.336 e. The zero-order chi connectivity index (χ0) is 27.7. The monoisotopic (exact) mass is 573 g/mol. The largest absolute Gasteiger partial charge is 0.497 e. The van der Waals surface area contributed by atoms with Crippen LogP contribution in [0.25, 0.3) is 0 Å². The molecule has 1 aromatic heterocycles. The predicted molar refractivity (Wildman–Crippen MR) is 163 cm³/mol. The number of hydrogen-bond donors (Lipinski definition) is 3. The minimum Gasteiger partial charge on any atom is -0.497 e. The molecule has 41 heavy (non-hydrogen) atoms. The highest BCUT2D eigenvalue weighted by Crippen LogP contribution is 2.26. The number of carboxylic acids is 1. The number of carboxylic acid groups (broad SMARTS) is 1. The zero-order valence-corrected chi connectivity index (χ0v) is 23.4. The number of halogens is 1. The van der Waals surface area contributed by atoms with Gasteiger partial charge in [0.05, 0.1) is 18.9 Å². The van der Waals surface area contributed by atoms with E-state index in [1.807, 2.05) is 30.3 Å². The van der Waals surface area contributed by atoms with Gasteiger partial charge in [-0.05, 0) is 61.1 Å². The van der Waals surface area contributed by atoms with Crippen LogP contribution in [0.3, 0.4) is 0 Å². The Labute approximate surface area is 244 Å². The molecule has 0 saturated carbocycles. The fraction of sp³-hybridized carbons (Fsp3) is 0.233. The van der Waals surface area contributed by atoms with Crippen LogP contribution < -0.4 is 20.4 Å². The number of ether oxygens (including phenoxy) is 1. The first-order chi connectivity index (χ1) is 19.6. The lowest BCUT2D eigenvalue weighted by molar-refractivity contribution is 0.0696. The highest BCUT2D eigenvalue weighted by atomic mass is 35.5. The maximum atomic E-state index is 11.5. The molecule has 5 rings (SSSR count). The molecule has 0 spiro atoms. The predicted octanol–water partition coefficient (Wildman–Crippen LogP) is 5.65. The van der Waals surface area contributed by atoms with Gasteiger partial charge in [-0.15, -0.1) is 12.4 Å². The van der Waals surface area contributed by atoms with Gasteiger partial charge in [-0.25, -0.2) is 10.2 Å². The molecule has 0 bridgehead atoms. The van der Waals surface area contributed by atoms with Gasteiger partial charge >= 0.3 is 5.97 Å². The molecule has 0 atom stereocenters. The van der Waals surface area contributed by atoms with Gasteiger partial charge < -0.3 is 20.1 Å². The summed E-state index contributed by atoms with van der Waals surface area (Å²) in [7, 11) is 1.62. The molecule has 1 aliphatic heterocycles. The van der Waals surface area contributed by atoms with E-state index in [1.165, 1.54) is 17.8 Å². The summed E-state index contributed by atoms with van der Waals surface area (Å²) in [6.07, 6.45) is 4.58. The summed E-state index contributed by atoms with van der Waals surface area (Å²) in [4.78, 5) is 27.5. The van der Waals surface area contributed by atoms with Crippen molar-refractivity contribution in [3.05, 3.63) is 95.6 Å². The van der Waals surface area contributed by atoms with E-state index < -0.39 is 5.97 Å². The third-order valence-electron chi connectivity index (χ3n) is 6.79. The summed E-state index contributed by atoms with van der Waals surface area (Å²) in [5, 5.41) is 16.9. The van der Waals surface area contributed by atoms with Gasteiger partial charge in [-0.3, -0.25) is 0 Å². The van der Waals surface area contributed by atoms with Crippen LogP contribution in [0.1, 0.15) is 34.3 Å². The second-order valence-electron chi connectivity index (χ2n) is 9.52. The minimum atomic E-state index is -1.02. The number of piperidine rings is 1. The van der Waals surface area contributed by atoms with Crippen LogP contribution in [0.15, 0.2) is 84.0 Å². The van der Waals surface area contributed by atoms with Crippen molar-refractivity contribution >= 4 is 48.1 Å². The number of anilines is 4. The second kappa shape index (κ2) is 14.1. The topological polar surface area (TPSA) is 125 Å². The molecule has 4 aromatic rings. The number of methoxy groups -OCH3 is 1. The third-order valence-corrected chi connectivity index (χ3v) is 6.79. The molecule has 1 saturated heterocycles. The quantitative estimate of drug-likeness (QED) is 0.163. The van der Waals surface area contributed by atoms with Crippen molar-refractivity contribution in [1.82, 2.24) is 15.0 Å². The fourth-order valence-corrected chi connectivity index (χ4v) is 4.66. The maximum absolute atomic E-state index is 11.5. The number of aromatic carboxylic acids is 1. The van der Waals surface area contributed by atoms with E-state index in [0.29, 0.717) is 23.4 Å². The van der Waals surface area contributed by atoms with Gasteiger partial charge in [0.15, 0.2) is 0 Å². The summed E-state index contributed by atoms with van der Waals surface area (Å²) < 4.78 is 5.25. The van der Waals surface area contributed by atoms with Crippen molar-refractivity contribution in [3.63, 3.8) is 0 Å². The van der Waals surface area contributed by atoms with Gasteiger partial charge in [-0.1, -0.05) is 48.5 Å². The Morgan fingerprint density at radius 3 is 2.37 bits per heavy atom. The van der Waals surface area contributed by atoms with E-state index in [0.717, 1.165) is 43.8 Å². The number of rotatable bonds is 10. The van der Waals surface area contributed by atoms with E-state index in [9.17, 15) is 9.90 Å². The summed E-state index contributed by atoms with van der Waals surface area (Å²) in [6, 6.07) is 24.7. The molecule has 1 fully saturated rings. The Bertz CT molecular complexity index is 1460. The van der Waals surface area contributed by atoms with Crippen molar-refractivity contribution in [3.8, 4) is 5.75 Å². The average molecular weight is 574 g/mol. The summed E-state index contributed by atoms with van der Waals surface area (Å²) in [5.41, 5.74) is 5.63. The van der Waals surface area contributed by atoms with Gasteiger partial charge in [0.25, 0.3) is 0 Å². The van der Waals surface area contributed by atoms with E-state index >= 15 is 0 Å². The lowest BCUT2D eigenvalue weighted by Gasteiger charge is -2.32.